The first-order chi connectivity index (χ1) is 9.97. The lowest BCUT2D eigenvalue weighted by molar-refractivity contribution is -0.201. The van der Waals surface area contributed by atoms with E-state index in [2.05, 4.69) is 4.74 Å². The first-order valence-electron chi connectivity index (χ1n) is 6.97. The van der Waals surface area contributed by atoms with Gasteiger partial charge in [-0.05, 0) is 46.5 Å². The van der Waals surface area contributed by atoms with Crippen LogP contribution >= 0.6 is 0 Å². The molecule has 3 unspecified atom stereocenters. The van der Waals surface area contributed by atoms with Crippen molar-refractivity contribution in [1.29, 1.82) is 0 Å². The number of hydrogen-bond acceptors (Lipinski definition) is 6. The summed E-state index contributed by atoms with van der Waals surface area (Å²) in [6, 6.07) is 0. The van der Waals surface area contributed by atoms with Gasteiger partial charge >= 0.3 is 21.3 Å². The van der Waals surface area contributed by atoms with Gasteiger partial charge in [-0.25, -0.2) is 4.79 Å². The average Bonchev–Trinajstić information content (AvgIpc) is 2.20. The standard InChI is InChI=1S/C13H22F2O7S/c1-11(2,17)6-7-5-8(9(7)12(3,4)18)22-10(16)13(14,15)23(19,20)21/h7-9,17-18H,5-6H2,1-4H3,(H,19,20,21). The predicted octanol–water partition coefficient (Wildman–Crippen LogP) is 0.947. The molecule has 10 heteroatoms. The molecule has 3 atom stereocenters. The van der Waals surface area contributed by atoms with E-state index in [4.69, 9.17) is 4.55 Å². The molecule has 0 aromatic heterocycles. The molecule has 0 saturated heterocycles. The number of alkyl halides is 2. The van der Waals surface area contributed by atoms with Crippen molar-refractivity contribution in [3.63, 3.8) is 0 Å². The van der Waals surface area contributed by atoms with Crippen LogP contribution in [0, 0.1) is 11.8 Å². The number of halogens is 2. The minimum absolute atomic E-state index is 0.0892. The number of esters is 1. The Morgan fingerprint density at radius 3 is 2.04 bits per heavy atom. The fourth-order valence-corrected chi connectivity index (χ4v) is 3.27. The minimum Gasteiger partial charge on any atom is -0.457 e. The van der Waals surface area contributed by atoms with Crippen LogP contribution in [0.25, 0.3) is 0 Å². The van der Waals surface area contributed by atoms with Gasteiger partial charge in [0.15, 0.2) is 0 Å². The van der Waals surface area contributed by atoms with Gasteiger partial charge in [-0.15, -0.1) is 0 Å². The van der Waals surface area contributed by atoms with Gasteiger partial charge < -0.3 is 14.9 Å². The van der Waals surface area contributed by atoms with Gasteiger partial charge in [0.2, 0.25) is 0 Å². The van der Waals surface area contributed by atoms with Gasteiger partial charge in [0.1, 0.15) is 6.10 Å². The van der Waals surface area contributed by atoms with E-state index in [0.29, 0.717) is 0 Å². The molecule has 0 aromatic carbocycles. The van der Waals surface area contributed by atoms with Gasteiger partial charge in [-0.2, -0.15) is 17.2 Å². The Bertz CT molecular complexity index is 560. The van der Waals surface area contributed by atoms with Crippen LogP contribution in [0.5, 0.6) is 0 Å². The second-order valence-electron chi connectivity index (χ2n) is 7.13. The van der Waals surface area contributed by atoms with E-state index in [9.17, 15) is 32.2 Å². The SMILES string of the molecule is CC(C)(O)CC1CC(OC(=O)C(F)(F)S(=O)(=O)O)C1C(C)(C)O. The largest absolute Gasteiger partial charge is 0.465 e. The van der Waals surface area contributed by atoms with Crippen molar-refractivity contribution in [3.05, 3.63) is 0 Å². The highest BCUT2D eigenvalue weighted by atomic mass is 32.2. The summed E-state index contributed by atoms with van der Waals surface area (Å²) in [6.45, 7) is 5.88. The highest BCUT2D eigenvalue weighted by molar-refractivity contribution is 7.87. The Kier molecular flexibility index (Phi) is 5.19. The van der Waals surface area contributed by atoms with Gasteiger partial charge in [-0.3, -0.25) is 4.55 Å². The van der Waals surface area contributed by atoms with E-state index in [1.807, 2.05) is 0 Å². The summed E-state index contributed by atoms with van der Waals surface area (Å²) >= 11 is 0. The number of rotatable bonds is 6. The molecule has 136 valence electrons. The Morgan fingerprint density at radius 2 is 1.70 bits per heavy atom. The van der Waals surface area contributed by atoms with E-state index >= 15 is 0 Å². The molecular formula is C13H22F2O7S. The molecular weight excluding hydrogens is 338 g/mol. The minimum atomic E-state index is -5.94. The molecule has 1 saturated carbocycles. The van der Waals surface area contributed by atoms with Crippen LogP contribution in [-0.2, 0) is 19.6 Å². The molecule has 1 rings (SSSR count). The number of carbonyl (C=O) groups excluding carboxylic acids is 1. The summed E-state index contributed by atoms with van der Waals surface area (Å²) in [5, 5.41) is 14.9. The summed E-state index contributed by atoms with van der Waals surface area (Å²) in [7, 11) is -5.94. The van der Waals surface area contributed by atoms with Crippen LogP contribution in [-0.4, -0.2) is 51.7 Å². The molecule has 0 heterocycles. The molecule has 3 N–H and O–H groups in total. The van der Waals surface area contributed by atoms with E-state index in [-0.39, 0.29) is 18.8 Å². The van der Waals surface area contributed by atoms with Crippen molar-refractivity contribution < 1.29 is 41.5 Å². The Morgan fingerprint density at radius 1 is 1.22 bits per heavy atom. The summed E-state index contributed by atoms with van der Waals surface area (Å²) in [4.78, 5) is 11.3. The van der Waals surface area contributed by atoms with Crippen LogP contribution in [0.2, 0.25) is 0 Å². The van der Waals surface area contributed by atoms with Crippen molar-refractivity contribution in [3.8, 4) is 0 Å². The Hall–Kier alpha value is -0.840. The number of aliphatic hydroxyl groups is 2. The fourth-order valence-electron chi connectivity index (χ4n) is 3.02. The molecule has 23 heavy (non-hydrogen) atoms. The molecule has 0 aliphatic heterocycles. The number of carbonyl (C=O) groups is 1. The first-order valence-corrected chi connectivity index (χ1v) is 8.41. The topological polar surface area (TPSA) is 121 Å². The van der Waals surface area contributed by atoms with Crippen molar-refractivity contribution in [2.45, 2.75) is 63.1 Å². The van der Waals surface area contributed by atoms with Gasteiger partial charge in [-0.1, -0.05) is 0 Å². The monoisotopic (exact) mass is 360 g/mol. The van der Waals surface area contributed by atoms with E-state index in [1.54, 1.807) is 13.8 Å². The first kappa shape index (κ1) is 20.2. The normalized spacial score (nSPS) is 26.6. The lowest BCUT2D eigenvalue weighted by Gasteiger charge is -2.51. The molecule has 0 bridgehead atoms. The van der Waals surface area contributed by atoms with Crippen LogP contribution in [0.4, 0.5) is 8.78 Å². The summed E-state index contributed by atoms with van der Waals surface area (Å²) in [6.07, 6.45) is -0.807. The second-order valence-corrected chi connectivity index (χ2v) is 8.59. The van der Waals surface area contributed by atoms with Crippen molar-refractivity contribution >= 4 is 16.1 Å². The third kappa shape index (κ3) is 4.59. The maximum atomic E-state index is 13.2. The summed E-state index contributed by atoms with van der Waals surface area (Å²) < 4.78 is 60.4. The van der Waals surface area contributed by atoms with E-state index in [1.165, 1.54) is 13.8 Å². The van der Waals surface area contributed by atoms with Gasteiger partial charge in [0.05, 0.1) is 11.2 Å². The van der Waals surface area contributed by atoms with E-state index in [0.717, 1.165) is 0 Å². The zero-order valence-electron chi connectivity index (χ0n) is 13.3. The predicted molar refractivity (Wildman–Crippen MR) is 75.2 cm³/mol. The Labute approximate surface area is 133 Å². The van der Waals surface area contributed by atoms with Crippen molar-refractivity contribution in [2.24, 2.45) is 11.8 Å². The maximum absolute atomic E-state index is 13.2. The lowest BCUT2D eigenvalue weighted by atomic mass is 9.61. The second kappa shape index (κ2) is 5.91. The van der Waals surface area contributed by atoms with Crippen LogP contribution in [0.3, 0.4) is 0 Å². The molecule has 0 radical (unpaired) electrons. The van der Waals surface area contributed by atoms with Gasteiger partial charge in [0.25, 0.3) is 0 Å². The summed E-state index contributed by atoms with van der Waals surface area (Å²) in [5.74, 6) is -3.44. The third-order valence-electron chi connectivity index (χ3n) is 3.84. The zero-order chi connectivity index (χ0) is 18.4. The Balaban J connectivity index is 2.88. The van der Waals surface area contributed by atoms with Crippen LogP contribution in [0.1, 0.15) is 40.5 Å². The highest BCUT2D eigenvalue weighted by Crippen LogP contribution is 2.47. The third-order valence-corrected chi connectivity index (χ3v) is 4.66. The van der Waals surface area contributed by atoms with Crippen molar-refractivity contribution in [2.75, 3.05) is 0 Å². The summed E-state index contributed by atoms with van der Waals surface area (Å²) in [5.41, 5.74) is -2.46. The van der Waals surface area contributed by atoms with Crippen molar-refractivity contribution in [1.82, 2.24) is 0 Å². The molecule has 1 aliphatic carbocycles. The smallest absolute Gasteiger partial charge is 0.457 e. The van der Waals surface area contributed by atoms with Crippen LogP contribution in [0.15, 0.2) is 0 Å². The maximum Gasteiger partial charge on any atom is 0.465 e. The molecule has 1 aliphatic rings. The molecule has 0 aromatic rings. The molecule has 7 nitrogen and oxygen atoms in total. The molecule has 0 amide bonds. The number of hydrogen-bond donors (Lipinski definition) is 3. The zero-order valence-corrected chi connectivity index (χ0v) is 14.1. The quantitative estimate of drug-likeness (QED) is 0.476. The molecule has 0 spiro atoms. The fraction of sp³-hybridized carbons (Fsp3) is 0.923. The average molecular weight is 360 g/mol. The number of ether oxygens (including phenoxy) is 1. The van der Waals surface area contributed by atoms with Gasteiger partial charge in [0, 0.05) is 5.92 Å². The highest BCUT2D eigenvalue weighted by Gasteiger charge is 2.58. The lowest BCUT2D eigenvalue weighted by Crippen LogP contribution is -2.57. The molecule has 1 fully saturated rings. The van der Waals surface area contributed by atoms with E-state index < -0.39 is 44.6 Å². The van der Waals surface area contributed by atoms with Crippen LogP contribution < -0.4 is 0 Å².